The van der Waals surface area contributed by atoms with Crippen molar-refractivity contribution in [3.05, 3.63) is 71.3 Å². The molecular weight excluding hydrogens is 328 g/mol. The molecule has 0 saturated heterocycles. The van der Waals surface area contributed by atoms with Crippen LogP contribution in [0.15, 0.2) is 59.0 Å². The highest BCUT2D eigenvalue weighted by Gasteiger charge is 2.23. The van der Waals surface area contributed by atoms with Gasteiger partial charge in [-0.05, 0) is 47.0 Å². The molecule has 4 aromatic carbocycles. The molecule has 0 atom stereocenters. The van der Waals surface area contributed by atoms with Crippen molar-refractivity contribution in [2.75, 3.05) is 0 Å². The van der Waals surface area contributed by atoms with Gasteiger partial charge in [0.2, 0.25) is 0 Å². The van der Waals surface area contributed by atoms with E-state index >= 15 is 0 Å². The summed E-state index contributed by atoms with van der Waals surface area (Å²) in [5, 5.41) is 6.27. The molecule has 0 radical (unpaired) electrons. The molecule has 0 spiro atoms. The zero-order chi connectivity index (χ0) is 21.4. The smallest absolute Gasteiger partial charge is 0.143 e. The summed E-state index contributed by atoms with van der Waals surface area (Å²) < 4.78 is 29.8. The Hall–Kier alpha value is -2.80. The fourth-order valence-corrected chi connectivity index (χ4v) is 4.47. The highest BCUT2D eigenvalue weighted by Crippen LogP contribution is 2.42. The molecule has 1 aromatic heterocycles. The van der Waals surface area contributed by atoms with Crippen LogP contribution in [-0.2, 0) is 5.41 Å². The van der Waals surface area contributed by atoms with Crippen LogP contribution in [0.3, 0.4) is 0 Å². The van der Waals surface area contributed by atoms with Gasteiger partial charge in [0.1, 0.15) is 11.2 Å². The van der Waals surface area contributed by atoms with Crippen molar-refractivity contribution in [3.8, 4) is 0 Å². The molecule has 0 bridgehead atoms. The molecule has 0 aliphatic carbocycles. The first-order valence-corrected chi connectivity index (χ1v) is 9.38. The normalized spacial score (nSPS) is 14.7. The van der Waals surface area contributed by atoms with Gasteiger partial charge in [-0.3, -0.25) is 0 Å². The number of rotatable bonds is 0. The third-order valence-corrected chi connectivity index (χ3v) is 5.56. The molecule has 0 aliphatic heterocycles. The molecule has 1 heterocycles. The maximum absolute atomic E-state index is 7.73. The first kappa shape index (κ1) is 13.4. The van der Waals surface area contributed by atoms with Crippen LogP contribution in [0.5, 0.6) is 0 Å². The summed E-state index contributed by atoms with van der Waals surface area (Å²) in [7, 11) is 0. The van der Waals surface area contributed by atoms with E-state index in [4.69, 9.17) is 8.53 Å². The highest BCUT2D eigenvalue weighted by molar-refractivity contribution is 6.23. The lowest BCUT2D eigenvalue weighted by Gasteiger charge is -2.21. The first-order chi connectivity index (χ1) is 14.1. The SMILES string of the molecule is [2H]C([2H])([2H])c1ccc2c(ccc3ccc4c5ccc(C)c(C(C)(C)C)c5oc4c32)c1. The molecule has 0 amide bonds. The minimum atomic E-state index is -2.12. The molecule has 0 N–H and O–H groups in total. The summed E-state index contributed by atoms with van der Waals surface area (Å²) in [4.78, 5) is 0. The average Bonchev–Trinajstić information content (AvgIpc) is 3.03. The molecule has 1 nitrogen and oxygen atoms in total. The van der Waals surface area contributed by atoms with E-state index in [0.29, 0.717) is 5.56 Å². The summed E-state index contributed by atoms with van der Waals surface area (Å²) in [6.45, 7) is 6.66. The minimum absolute atomic E-state index is 0.0377. The van der Waals surface area contributed by atoms with Gasteiger partial charge in [0.15, 0.2) is 0 Å². The van der Waals surface area contributed by atoms with E-state index in [2.05, 4.69) is 52.0 Å². The highest BCUT2D eigenvalue weighted by atomic mass is 16.3. The van der Waals surface area contributed by atoms with Gasteiger partial charge in [-0.25, -0.2) is 0 Å². The van der Waals surface area contributed by atoms with Gasteiger partial charge in [-0.15, -0.1) is 0 Å². The van der Waals surface area contributed by atoms with Crippen molar-refractivity contribution in [2.24, 2.45) is 0 Å². The Labute approximate surface area is 163 Å². The van der Waals surface area contributed by atoms with E-state index in [1.165, 1.54) is 11.1 Å². The predicted octanol–water partition coefficient (Wildman–Crippen LogP) is 7.81. The molecular formula is C26H24O. The Morgan fingerprint density at radius 2 is 1.44 bits per heavy atom. The topological polar surface area (TPSA) is 13.1 Å². The van der Waals surface area contributed by atoms with Crippen molar-refractivity contribution in [1.82, 2.24) is 0 Å². The van der Waals surface area contributed by atoms with E-state index in [-0.39, 0.29) is 5.41 Å². The Morgan fingerprint density at radius 3 is 2.22 bits per heavy atom. The van der Waals surface area contributed by atoms with Crippen LogP contribution in [0, 0.1) is 13.8 Å². The second-order valence-corrected chi connectivity index (χ2v) is 8.53. The van der Waals surface area contributed by atoms with E-state index in [0.717, 1.165) is 43.5 Å². The van der Waals surface area contributed by atoms with Crippen molar-refractivity contribution in [2.45, 2.75) is 40.0 Å². The summed E-state index contributed by atoms with van der Waals surface area (Å²) in [5.41, 5.74) is 4.59. The summed E-state index contributed by atoms with van der Waals surface area (Å²) in [6.07, 6.45) is 0. The number of furan rings is 1. The van der Waals surface area contributed by atoms with E-state index < -0.39 is 6.85 Å². The van der Waals surface area contributed by atoms with Gasteiger partial charge in [-0.2, -0.15) is 0 Å². The summed E-state index contributed by atoms with van der Waals surface area (Å²) in [6, 6.07) is 18.0. The lowest BCUT2D eigenvalue weighted by molar-refractivity contribution is 0.570. The Balaban J connectivity index is 1.95. The number of hydrogen-bond acceptors (Lipinski definition) is 1. The fraction of sp³-hybridized carbons (Fsp3) is 0.231. The molecule has 0 saturated carbocycles. The molecule has 0 aliphatic rings. The quantitative estimate of drug-likeness (QED) is 0.258. The monoisotopic (exact) mass is 355 g/mol. The maximum Gasteiger partial charge on any atom is 0.143 e. The molecule has 5 rings (SSSR count). The number of hydrogen-bond donors (Lipinski definition) is 0. The molecule has 134 valence electrons. The standard InChI is InChI=1S/C26H24O/c1-15-6-11-19-18(14-15)9-8-17-10-13-20-21-12-7-16(2)23(26(3,4)5)25(21)27-24(20)22(17)19/h6-14H,1-5H3/i1D3. The van der Waals surface area contributed by atoms with E-state index in [1.54, 1.807) is 12.1 Å². The van der Waals surface area contributed by atoms with Crippen molar-refractivity contribution < 1.29 is 8.53 Å². The van der Waals surface area contributed by atoms with Gasteiger partial charge in [-0.1, -0.05) is 74.9 Å². The number of benzene rings is 4. The maximum atomic E-state index is 7.73. The fourth-order valence-electron chi connectivity index (χ4n) is 4.47. The lowest BCUT2D eigenvalue weighted by atomic mass is 9.83. The van der Waals surface area contributed by atoms with Crippen LogP contribution in [0.1, 0.15) is 41.6 Å². The summed E-state index contributed by atoms with van der Waals surface area (Å²) in [5.74, 6) is 0. The molecule has 1 heteroatoms. The van der Waals surface area contributed by atoms with Gasteiger partial charge in [0.25, 0.3) is 0 Å². The van der Waals surface area contributed by atoms with Gasteiger partial charge in [0, 0.05) is 25.8 Å². The van der Waals surface area contributed by atoms with Crippen molar-refractivity contribution in [3.63, 3.8) is 0 Å². The molecule has 5 aromatic rings. The van der Waals surface area contributed by atoms with Crippen molar-refractivity contribution >= 4 is 43.5 Å². The van der Waals surface area contributed by atoms with E-state index in [9.17, 15) is 0 Å². The Kier molecular flexibility index (Phi) is 2.65. The number of aryl methyl sites for hydroxylation is 2. The van der Waals surface area contributed by atoms with Crippen LogP contribution in [0.25, 0.3) is 43.5 Å². The van der Waals surface area contributed by atoms with E-state index in [1.807, 2.05) is 18.2 Å². The number of fused-ring (bicyclic) bond motifs is 7. The van der Waals surface area contributed by atoms with Gasteiger partial charge in [0.05, 0.1) is 0 Å². The van der Waals surface area contributed by atoms with Crippen LogP contribution in [0.4, 0.5) is 0 Å². The van der Waals surface area contributed by atoms with Crippen LogP contribution >= 0.6 is 0 Å². The van der Waals surface area contributed by atoms with Crippen LogP contribution in [-0.4, -0.2) is 0 Å². The second-order valence-electron chi connectivity index (χ2n) is 8.53. The Morgan fingerprint density at radius 1 is 0.778 bits per heavy atom. The van der Waals surface area contributed by atoms with Crippen molar-refractivity contribution in [1.29, 1.82) is 0 Å². The van der Waals surface area contributed by atoms with Crippen LogP contribution < -0.4 is 0 Å². The predicted molar refractivity (Wildman–Crippen MR) is 117 cm³/mol. The van der Waals surface area contributed by atoms with Gasteiger partial charge >= 0.3 is 0 Å². The molecule has 27 heavy (non-hydrogen) atoms. The average molecular weight is 355 g/mol. The largest absolute Gasteiger partial charge is 0.455 e. The lowest BCUT2D eigenvalue weighted by Crippen LogP contribution is -2.13. The van der Waals surface area contributed by atoms with Gasteiger partial charge < -0.3 is 4.42 Å². The summed E-state index contributed by atoms with van der Waals surface area (Å²) >= 11 is 0. The molecule has 0 fully saturated rings. The third-order valence-electron chi connectivity index (χ3n) is 5.56. The first-order valence-electron chi connectivity index (χ1n) is 10.9. The Bertz CT molecular complexity index is 1460. The molecule has 0 unspecified atom stereocenters. The third kappa shape index (κ3) is 2.31. The van der Waals surface area contributed by atoms with Crippen LogP contribution in [0.2, 0.25) is 0 Å². The minimum Gasteiger partial charge on any atom is -0.455 e. The zero-order valence-corrected chi connectivity index (χ0v) is 16.1. The zero-order valence-electron chi connectivity index (χ0n) is 19.1. The second kappa shape index (κ2) is 5.36.